The van der Waals surface area contributed by atoms with Crippen molar-refractivity contribution in [2.75, 3.05) is 71.0 Å². The fourth-order valence-electron chi connectivity index (χ4n) is 7.55. The summed E-state index contributed by atoms with van der Waals surface area (Å²) in [5.41, 5.74) is 3.34. The summed E-state index contributed by atoms with van der Waals surface area (Å²) in [5.74, 6) is 1.03. The number of ether oxygens (including phenoxy) is 2. The standard InChI is InChI=1S/C37H40Cl2F3N9O3/c1-53-33-10-8-27(51-25-43-45-46-51)22-28(33)34(52)49-16-12-36(23-49,26-7-9-29(38)30(39)21-26)11-15-47-13-4-14-48(18-17-47)35-44-31-5-2-3-6-32(31)50(35)19-20-54-24-37(40,41)42/h2-3,5-10,21-22,25H,4,11-20,23-24H2,1H3. The highest BCUT2D eigenvalue weighted by molar-refractivity contribution is 6.42. The number of imidazole rings is 1. The van der Waals surface area contributed by atoms with Gasteiger partial charge in [-0.1, -0.05) is 41.4 Å². The molecule has 54 heavy (non-hydrogen) atoms. The summed E-state index contributed by atoms with van der Waals surface area (Å²) < 4.78 is 52.3. The zero-order valence-electron chi connectivity index (χ0n) is 29.7. The van der Waals surface area contributed by atoms with E-state index in [4.69, 9.17) is 37.7 Å². The number of benzene rings is 3. The Morgan fingerprint density at radius 3 is 2.59 bits per heavy atom. The number of tetrazole rings is 1. The van der Waals surface area contributed by atoms with Crippen LogP contribution < -0.4 is 9.64 Å². The number of methoxy groups -OCH3 is 1. The minimum absolute atomic E-state index is 0.0827. The van der Waals surface area contributed by atoms with E-state index in [9.17, 15) is 18.0 Å². The lowest BCUT2D eigenvalue weighted by molar-refractivity contribution is -0.174. The number of rotatable bonds is 12. The zero-order chi connectivity index (χ0) is 37.9. The molecular formula is C37H40Cl2F3N9O3. The molecule has 2 fully saturated rings. The van der Waals surface area contributed by atoms with Crippen LogP contribution in [-0.2, 0) is 16.7 Å². The molecule has 5 aromatic rings. The van der Waals surface area contributed by atoms with Crippen molar-refractivity contribution in [2.45, 2.75) is 37.4 Å². The Hall–Kier alpha value is -4.44. The van der Waals surface area contributed by atoms with E-state index >= 15 is 0 Å². The molecule has 3 aromatic carbocycles. The van der Waals surface area contributed by atoms with E-state index in [-0.39, 0.29) is 24.5 Å². The molecular weight excluding hydrogens is 746 g/mol. The molecule has 2 aromatic heterocycles. The van der Waals surface area contributed by atoms with Crippen LogP contribution in [0.25, 0.3) is 16.7 Å². The summed E-state index contributed by atoms with van der Waals surface area (Å²) in [4.78, 5) is 25.6. The highest BCUT2D eigenvalue weighted by Gasteiger charge is 2.42. The first kappa shape index (κ1) is 37.9. The van der Waals surface area contributed by atoms with Crippen LogP contribution in [0, 0.1) is 0 Å². The number of nitrogens with zero attached hydrogens (tertiary/aromatic N) is 9. The van der Waals surface area contributed by atoms with Crippen molar-refractivity contribution in [3.8, 4) is 11.4 Å². The third kappa shape index (κ3) is 8.28. The summed E-state index contributed by atoms with van der Waals surface area (Å²) in [6.07, 6.45) is -0.542. The first-order valence-electron chi connectivity index (χ1n) is 17.8. The van der Waals surface area contributed by atoms with Crippen LogP contribution >= 0.6 is 23.2 Å². The molecule has 1 unspecified atom stereocenters. The Morgan fingerprint density at radius 2 is 1.81 bits per heavy atom. The third-order valence-corrected chi connectivity index (χ3v) is 11.1. The lowest BCUT2D eigenvalue weighted by Gasteiger charge is -2.33. The van der Waals surface area contributed by atoms with Gasteiger partial charge in [-0.3, -0.25) is 4.79 Å². The quantitative estimate of drug-likeness (QED) is 0.135. The van der Waals surface area contributed by atoms with Crippen LogP contribution in [-0.4, -0.2) is 118 Å². The van der Waals surface area contributed by atoms with Crippen molar-refractivity contribution >= 4 is 46.1 Å². The number of alkyl halides is 3. The Morgan fingerprint density at radius 1 is 0.963 bits per heavy atom. The Bertz CT molecular complexity index is 2080. The molecule has 0 N–H and O–H groups in total. The van der Waals surface area contributed by atoms with Gasteiger partial charge in [-0.05, 0) is 90.8 Å². The Kier molecular flexibility index (Phi) is 11.3. The van der Waals surface area contributed by atoms with Crippen LogP contribution in [0.1, 0.15) is 35.2 Å². The first-order chi connectivity index (χ1) is 26.0. The van der Waals surface area contributed by atoms with Gasteiger partial charge in [0.05, 0.1) is 46.0 Å². The Balaban J connectivity index is 1.07. The van der Waals surface area contributed by atoms with E-state index in [1.54, 1.807) is 18.2 Å². The van der Waals surface area contributed by atoms with E-state index < -0.39 is 12.8 Å². The van der Waals surface area contributed by atoms with Gasteiger partial charge in [-0.25, -0.2) is 9.67 Å². The van der Waals surface area contributed by atoms with E-state index in [1.165, 1.54) is 18.1 Å². The SMILES string of the molecule is COc1ccc(-n2cnnn2)cc1C(=O)N1CCC(CCN2CCCN(c3nc4ccccc4n3CCOCC(F)(F)F)CC2)(c2ccc(Cl)c(Cl)c2)C1. The van der Waals surface area contributed by atoms with Crippen molar-refractivity contribution in [1.29, 1.82) is 0 Å². The molecule has 0 spiro atoms. The van der Waals surface area contributed by atoms with Crippen LogP contribution in [0.3, 0.4) is 0 Å². The maximum Gasteiger partial charge on any atom is 0.411 e. The summed E-state index contributed by atoms with van der Waals surface area (Å²) in [7, 11) is 1.54. The lowest BCUT2D eigenvalue weighted by Crippen LogP contribution is -2.39. The van der Waals surface area contributed by atoms with Crippen LogP contribution in [0.2, 0.25) is 10.0 Å². The molecule has 7 rings (SSSR count). The van der Waals surface area contributed by atoms with E-state index in [2.05, 4.69) is 25.3 Å². The maximum atomic E-state index is 14.2. The summed E-state index contributed by atoms with van der Waals surface area (Å²) in [5, 5.41) is 12.3. The molecule has 0 aliphatic carbocycles. The molecule has 2 aliphatic rings. The average Bonchev–Trinajstić information content (AvgIpc) is 3.90. The highest BCUT2D eigenvalue weighted by Crippen LogP contribution is 2.41. The number of amides is 1. The van der Waals surface area contributed by atoms with Crippen molar-refractivity contribution in [2.24, 2.45) is 0 Å². The number of likely N-dealkylation sites (tertiary alicyclic amines) is 1. The smallest absolute Gasteiger partial charge is 0.411 e. The second-order valence-corrected chi connectivity index (χ2v) is 14.5. The minimum atomic E-state index is -4.38. The van der Waals surface area contributed by atoms with Gasteiger partial charge in [0.25, 0.3) is 5.91 Å². The van der Waals surface area contributed by atoms with Gasteiger partial charge in [-0.2, -0.15) is 13.2 Å². The predicted octanol–water partition coefficient (Wildman–Crippen LogP) is 6.29. The average molecular weight is 787 g/mol. The molecule has 0 bridgehead atoms. The monoisotopic (exact) mass is 785 g/mol. The van der Waals surface area contributed by atoms with Gasteiger partial charge in [0, 0.05) is 44.7 Å². The number of anilines is 1. The number of hydrogen-bond donors (Lipinski definition) is 0. The van der Waals surface area contributed by atoms with Crippen LogP contribution in [0.15, 0.2) is 67.0 Å². The molecule has 1 atom stereocenters. The molecule has 4 heterocycles. The number of fused-ring (bicyclic) bond motifs is 1. The normalized spacial score (nSPS) is 18.4. The first-order valence-corrected chi connectivity index (χ1v) is 18.5. The van der Waals surface area contributed by atoms with Crippen LogP contribution in [0.4, 0.5) is 19.1 Å². The number of halogens is 5. The molecule has 0 radical (unpaired) electrons. The molecule has 2 saturated heterocycles. The molecule has 1 amide bonds. The summed E-state index contributed by atoms with van der Waals surface area (Å²) >= 11 is 12.9. The van der Waals surface area contributed by atoms with E-state index in [0.29, 0.717) is 46.7 Å². The molecule has 286 valence electrons. The number of aromatic nitrogens is 6. The largest absolute Gasteiger partial charge is 0.496 e. The number of para-hydroxylation sites is 2. The van der Waals surface area contributed by atoms with Crippen molar-refractivity contribution in [1.82, 2.24) is 39.6 Å². The second-order valence-electron chi connectivity index (χ2n) is 13.7. The Labute approximate surface area is 320 Å². The van der Waals surface area contributed by atoms with Gasteiger partial charge in [0.1, 0.15) is 18.7 Å². The van der Waals surface area contributed by atoms with E-state index in [1.807, 2.05) is 51.9 Å². The van der Waals surface area contributed by atoms with Crippen molar-refractivity contribution < 1.29 is 27.4 Å². The molecule has 17 heteroatoms. The van der Waals surface area contributed by atoms with Gasteiger partial charge >= 0.3 is 6.18 Å². The van der Waals surface area contributed by atoms with Gasteiger partial charge < -0.3 is 28.7 Å². The maximum absolute atomic E-state index is 14.2. The third-order valence-electron chi connectivity index (χ3n) is 10.3. The number of carbonyl (C=O) groups is 1. The lowest BCUT2D eigenvalue weighted by atomic mass is 9.76. The fraction of sp³-hybridized carbons (Fsp3) is 0.432. The van der Waals surface area contributed by atoms with Crippen molar-refractivity contribution in [3.63, 3.8) is 0 Å². The van der Waals surface area contributed by atoms with Crippen LogP contribution in [0.5, 0.6) is 5.75 Å². The van der Waals surface area contributed by atoms with Gasteiger partial charge in [0.2, 0.25) is 5.95 Å². The topological polar surface area (TPSA) is 107 Å². The summed E-state index contributed by atoms with van der Waals surface area (Å²) in [6, 6.07) is 18.7. The highest BCUT2D eigenvalue weighted by atomic mass is 35.5. The summed E-state index contributed by atoms with van der Waals surface area (Å²) in [6.45, 7) is 3.71. The van der Waals surface area contributed by atoms with Gasteiger partial charge in [-0.15, -0.1) is 5.10 Å². The second kappa shape index (κ2) is 16.1. The molecule has 2 aliphatic heterocycles. The fourth-order valence-corrected chi connectivity index (χ4v) is 7.84. The van der Waals surface area contributed by atoms with Gasteiger partial charge in [0.15, 0.2) is 0 Å². The predicted molar refractivity (Wildman–Crippen MR) is 199 cm³/mol. The number of hydrogen-bond acceptors (Lipinski definition) is 9. The molecule has 12 nitrogen and oxygen atoms in total. The number of carbonyl (C=O) groups excluding carboxylic acids is 1. The minimum Gasteiger partial charge on any atom is -0.496 e. The molecule has 0 saturated carbocycles. The van der Waals surface area contributed by atoms with E-state index in [0.717, 1.165) is 68.0 Å². The van der Waals surface area contributed by atoms with Crippen molar-refractivity contribution in [3.05, 3.63) is 88.2 Å². The zero-order valence-corrected chi connectivity index (χ0v) is 31.2.